The predicted molar refractivity (Wildman–Crippen MR) is 102 cm³/mol. The molecule has 5 heteroatoms. The van der Waals surface area contributed by atoms with Crippen molar-refractivity contribution in [3.05, 3.63) is 63.6 Å². The number of rotatable bonds is 6. The number of benzene rings is 1. The van der Waals surface area contributed by atoms with Crippen molar-refractivity contribution in [2.75, 3.05) is 0 Å². The van der Waals surface area contributed by atoms with Crippen molar-refractivity contribution in [1.82, 2.24) is 15.1 Å². The number of nitrogens with one attached hydrogen (secondary N) is 1. The van der Waals surface area contributed by atoms with Crippen molar-refractivity contribution in [1.29, 1.82) is 0 Å². The number of fused-ring (bicyclic) bond motifs is 1. The van der Waals surface area contributed by atoms with Crippen molar-refractivity contribution < 1.29 is 4.79 Å². The van der Waals surface area contributed by atoms with E-state index in [-0.39, 0.29) is 17.5 Å². The van der Waals surface area contributed by atoms with Crippen molar-refractivity contribution >= 4 is 5.91 Å². The van der Waals surface area contributed by atoms with Crippen LogP contribution in [0.15, 0.2) is 41.2 Å². The lowest BCUT2D eigenvalue weighted by molar-refractivity contribution is -0.121. The second-order valence-electron chi connectivity index (χ2n) is 7.15. The summed E-state index contributed by atoms with van der Waals surface area (Å²) in [6, 6.07) is 11.6. The summed E-state index contributed by atoms with van der Waals surface area (Å²) in [5, 5.41) is 7.55. The van der Waals surface area contributed by atoms with E-state index in [4.69, 9.17) is 0 Å². The fourth-order valence-electron chi connectivity index (χ4n) is 3.46. The van der Waals surface area contributed by atoms with Crippen LogP contribution in [0.3, 0.4) is 0 Å². The predicted octanol–water partition coefficient (Wildman–Crippen LogP) is 2.65. The molecule has 1 aliphatic rings. The molecule has 138 valence electrons. The zero-order chi connectivity index (χ0) is 18.4. The van der Waals surface area contributed by atoms with Crippen molar-refractivity contribution in [2.45, 2.75) is 64.5 Å². The van der Waals surface area contributed by atoms with Gasteiger partial charge in [0, 0.05) is 18.5 Å². The van der Waals surface area contributed by atoms with Crippen molar-refractivity contribution in [2.24, 2.45) is 0 Å². The Bertz CT molecular complexity index is 799. The average Bonchev–Trinajstić information content (AvgIpc) is 2.86. The normalized spacial score (nSPS) is 15.0. The number of hydrogen-bond donors (Lipinski definition) is 1. The van der Waals surface area contributed by atoms with Crippen molar-refractivity contribution in [3.8, 4) is 0 Å². The first kappa shape index (κ1) is 18.4. The van der Waals surface area contributed by atoms with Gasteiger partial charge in [0.1, 0.15) is 0 Å². The number of carbonyl (C=O) groups excluding carboxylic acids is 1. The van der Waals surface area contributed by atoms with E-state index in [9.17, 15) is 9.59 Å². The fourth-order valence-corrected chi connectivity index (χ4v) is 3.46. The molecule has 1 atom stereocenters. The number of nitrogens with zero attached hydrogens (tertiary/aromatic N) is 2. The van der Waals surface area contributed by atoms with Gasteiger partial charge in [-0.2, -0.15) is 5.10 Å². The van der Waals surface area contributed by atoms with E-state index < -0.39 is 0 Å². The molecular weight excluding hydrogens is 326 g/mol. The minimum Gasteiger partial charge on any atom is -0.352 e. The summed E-state index contributed by atoms with van der Waals surface area (Å²) in [5.41, 5.74) is 3.22. The molecular formula is C21H27N3O2. The molecule has 1 aliphatic carbocycles. The van der Waals surface area contributed by atoms with E-state index in [1.54, 1.807) is 6.07 Å². The summed E-state index contributed by atoms with van der Waals surface area (Å²) in [6.07, 6.45) is 6.50. The Labute approximate surface area is 154 Å². The van der Waals surface area contributed by atoms with Crippen LogP contribution >= 0.6 is 0 Å². The van der Waals surface area contributed by atoms with Gasteiger partial charge < -0.3 is 5.32 Å². The molecule has 0 spiro atoms. The first-order chi connectivity index (χ1) is 12.6. The zero-order valence-electron chi connectivity index (χ0n) is 15.4. The maximum absolute atomic E-state index is 12.3. The quantitative estimate of drug-likeness (QED) is 0.812. The van der Waals surface area contributed by atoms with Crippen LogP contribution < -0.4 is 10.9 Å². The van der Waals surface area contributed by atoms with Gasteiger partial charge in [-0.25, -0.2) is 4.68 Å². The third-order valence-electron chi connectivity index (χ3n) is 4.86. The molecule has 0 unspecified atom stereocenters. The second kappa shape index (κ2) is 8.79. The third kappa shape index (κ3) is 5.04. The van der Waals surface area contributed by atoms with Crippen molar-refractivity contribution in [3.63, 3.8) is 0 Å². The molecule has 0 saturated heterocycles. The number of amides is 1. The van der Waals surface area contributed by atoms with Crippen LogP contribution in [-0.2, 0) is 30.6 Å². The largest absolute Gasteiger partial charge is 0.352 e. The van der Waals surface area contributed by atoms with Gasteiger partial charge in [0.05, 0.1) is 12.2 Å². The van der Waals surface area contributed by atoms with E-state index in [1.807, 2.05) is 37.3 Å². The van der Waals surface area contributed by atoms with Gasteiger partial charge >= 0.3 is 0 Å². The molecule has 2 aromatic rings. The lowest BCUT2D eigenvalue weighted by Gasteiger charge is -2.16. The highest BCUT2D eigenvalue weighted by atomic mass is 16.2. The lowest BCUT2D eigenvalue weighted by Crippen LogP contribution is -2.39. The smallest absolute Gasteiger partial charge is 0.267 e. The van der Waals surface area contributed by atoms with Gasteiger partial charge in [-0.3, -0.25) is 9.59 Å². The summed E-state index contributed by atoms with van der Waals surface area (Å²) in [7, 11) is 0. The van der Waals surface area contributed by atoms with Gasteiger partial charge in [0.25, 0.3) is 5.56 Å². The fraction of sp³-hybridized carbons (Fsp3) is 0.476. The van der Waals surface area contributed by atoms with E-state index in [0.29, 0.717) is 13.0 Å². The van der Waals surface area contributed by atoms with Crippen LogP contribution in [0.5, 0.6) is 0 Å². The number of aromatic nitrogens is 2. The maximum Gasteiger partial charge on any atom is 0.267 e. The highest BCUT2D eigenvalue weighted by Gasteiger charge is 2.14. The van der Waals surface area contributed by atoms with Crippen LogP contribution in [0, 0.1) is 0 Å². The highest BCUT2D eigenvalue weighted by molar-refractivity contribution is 5.76. The first-order valence-corrected chi connectivity index (χ1v) is 9.55. The molecule has 1 heterocycles. The van der Waals surface area contributed by atoms with Crippen LogP contribution in [-0.4, -0.2) is 21.7 Å². The molecule has 1 aromatic carbocycles. The number of aryl methyl sites for hydroxylation is 3. The highest BCUT2D eigenvalue weighted by Crippen LogP contribution is 2.16. The summed E-state index contributed by atoms with van der Waals surface area (Å²) >= 11 is 0. The molecule has 1 N–H and O–H groups in total. The molecule has 26 heavy (non-hydrogen) atoms. The molecule has 0 aliphatic heterocycles. The minimum atomic E-state index is -0.132. The molecule has 0 radical (unpaired) electrons. The maximum atomic E-state index is 12.3. The van der Waals surface area contributed by atoms with E-state index in [2.05, 4.69) is 10.4 Å². The summed E-state index contributed by atoms with van der Waals surface area (Å²) < 4.78 is 1.51. The van der Waals surface area contributed by atoms with Gasteiger partial charge in [0.15, 0.2) is 0 Å². The summed E-state index contributed by atoms with van der Waals surface area (Å²) in [6.45, 7) is 2.32. The molecule has 0 fully saturated rings. The van der Waals surface area contributed by atoms with Crippen LogP contribution in [0.1, 0.15) is 49.4 Å². The third-order valence-corrected chi connectivity index (χ3v) is 4.86. The van der Waals surface area contributed by atoms with Gasteiger partial charge in [0.2, 0.25) is 5.91 Å². The van der Waals surface area contributed by atoms with Crippen LogP contribution in [0.4, 0.5) is 0 Å². The monoisotopic (exact) mass is 353 g/mol. The van der Waals surface area contributed by atoms with E-state index in [0.717, 1.165) is 48.9 Å². The minimum absolute atomic E-state index is 0.00385. The Morgan fingerprint density at radius 2 is 1.96 bits per heavy atom. The zero-order valence-corrected chi connectivity index (χ0v) is 15.4. The van der Waals surface area contributed by atoms with Crippen LogP contribution in [0.2, 0.25) is 0 Å². The Hall–Kier alpha value is -2.43. The molecule has 5 nitrogen and oxygen atoms in total. The Kier molecular flexibility index (Phi) is 6.21. The van der Waals surface area contributed by atoms with Gasteiger partial charge in [-0.05, 0) is 50.2 Å². The molecule has 0 saturated carbocycles. The van der Waals surface area contributed by atoms with E-state index in [1.165, 1.54) is 11.1 Å². The lowest BCUT2D eigenvalue weighted by atomic mass is 10.1. The number of hydrogen-bond acceptors (Lipinski definition) is 3. The topological polar surface area (TPSA) is 64.0 Å². The van der Waals surface area contributed by atoms with Gasteiger partial charge in [-0.1, -0.05) is 36.8 Å². The summed E-state index contributed by atoms with van der Waals surface area (Å²) in [4.78, 5) is 24.5. The molecule has 1 aromatic heterocycles. The summed E-state index contributed by atoms with van der Waals surface area (Å²) in [5.74, 6) is 0.00385. The SMILES string of the molecule is C[C@@H](Cn1nc2c(cc1=O)CCCCC2)NC(=O)CCc1ccccc1. The molecule has 3 rings (SSSR count). The first-order valence-electron chi connectivity index (χ1n) is 9.55. The van der Waals surface area contributed by atoms with E-state index >= 15 is 0 Å². The second-order valence-corrected chi connectivity index (χ2v) is 7.15. The Morgan fingerprint density at radius 1 is 1.19 bits per heavy atom. The molecule has 1 amide bonds. The average molecular weight is 353 g/mol. The Balaban J connectivity index is 1.56. The van der Waals surface area contributed by atoms with Crippen LogP contribution in [0.25, 0.3) is 0 Å². The molecule has 0 bridgehead atoms. The Morgan fingerprint density at radius 3 is 2.77 bits per heavy atom. The number of carbonyl (C=O) groups is 1. The standard InChI is InChI=1S/C21H27N3O2/c1-16(22-20(25)13-12-17-8-4-2-5-9-17)15-24-21(26)14-18-10-6-3-7-11-19(18)23-24/h2,4-5,8-9,14,16H,3,6-7,10-13,15H2,1H3,(H,22,25)/t16-/m0/s1. The van der Waals surface area contributed by atoms with Gasteiger partial charge in [-0.15, -0.1) is 0 Å².